The number of nitrogens with zero attached hydrogens (tertiary/aromatic N) is 2. The van der Waals surface area contributed by atoms with Crippen molar-refractivity contribution in [2.75, 3.05) is 0 Å². The van der Waals surface area contributed by atoms with E-state index in [4.69, 9.17) is 14.4 Å². The van der Waals surface area contributed by atoms with Crippen LogP contribution in [0, 0.1) is 0 Å². The van der Waals surface area contributed by atoms with Crippen LogP contribution in [0.1, 0.15) is 0 Å². The lowest BCUT2D eigenvalue weighted by Crippen LogP contribution is -1.96. The van der Waals surface area contributed by atoms with E-state index in [0.29, 0.717) is 5.82 Å². The number of para-hydroxylation sites is 1. The quantitative estimate of drug-likeness (QED) is 0.210. The van der Waals surface area contributed by atoms with Crippen LogP contribution in [-0.2, 0) is 0 Å². The molecule has 3 nitrogen and oxygen atoms in total. The molecule has 0 aliphatic rings. The first kappa shape index (κ1) is 25.4. The fraction of sp³-hybridized carbons (Fsp3) is 0. The van der Waals surface area contributed by atoms with Gasteiger partial charge in [-0.1, -0.05) is 140 Å². The molecule has 0 bridgehead atoms. The minimum atomic E-state index is 0.670. The Labute approximate surface area is 260 Å². The van der Waals surface area contributed by atoms with Crippen molar-refractivity contribution in [3.05, 3.63) is 158 Å². The molecular formula is C42H26N2O. The summed E-state index contributed by atoms with van der Waals surface area (Å²) in [5.41, 5.74) is 8.71. The molecule has 0 N–H and O–H groups in total. The summed E-state index contributed by atoms with van der Waals surface area (Å²) >= 11 is 0. The maximum atomic E-state index is 6.67. The maximum absolute atomic E-state index is 6.67. The van der Waals surface area contributed by atoms with Crippen molar-refractivity contribution in [3.8, 4) is 45.0 Å². The molecule has 0 atom stereocenters. The van der Waals surface area contributed by atoms with Gasteiger partial charge in [0.15, 0.2) is 5.82 Å². The largest absolute Gasteiger partial charge is 0.455 e. The molecule has 0 unspecified atom stereocenters. The van der Waals surface area contributed by atoms with E-state index < -0.39 is 0 Å². The van der Waals surface area contributed by atoms with Crippen LogP contribution in [-0.4, -0.2) is 9.97 Å². The van der Waals surface area contributed by atoms with Crippen molar-refractivity contribution >= 4 is 43.5 Å². The Balaban J connectivity index is 1.29. The van der Waals surface area contributed by atoms with Gasteiger partial charge in [-0.05, 0) is 45.3 Å². The molecule has 0 saturated heterocycles. The van der Waals surface area contributed by atoms with Crippen molar-refractivity contribution in [3.63, 3.8) is 0 Å². The van der Waals surface area contributed by atoms with Crippen molar-refractivity contribution in [1.29, 1.82) is 0 Å². The molecule has 0 amide bonds. The predicted molar refractivity (Wildman–Crippen MR) is 186 cm³/mol. The molecule has 7 aromatic carbocycles. The Morgan fingerprint density at radius 1 is 0.400 bits per heavy atom. The van der Waals surface area contributed by atoms with Crippen LogP contribution in [0.25, 0.3) is 88.5 Å². The molecule has 2 heterocycles. The average Bonchev–Trinajstić information content (AvgIpc) is 3.51. The van der Waals surface area contributed by atoms with E-state index in [-0.39, 0.29) is 0 Å². The standard InChI is InChI=1S/C42H26N2O/c1-2-13-29(14-3-1)37-26-38(31-24-23-27-11-4-5-15-30(27)25-31)44-42(43-37)36-21-10-22-39-40(36)35-20-9-19-34(41(35)45-39)33-18-8-16-28-12-6-7-17-32(28)33/h1-26H. The van der Waals surface area contributed by atoms with Gasteiger partial charge in [0, 0.05) is 33.0 Å². The summed E-state index contributed by atoms with van der Waals surface area (Å²) < 4.78 is 6.67. The number of benzene rings is 7. The molecule has 0 aliphatic heterocycles. The van der Waals surface area contributed by atoms with Crippen molar-refractivity contribution in [1.82, 2.24) is 9.97 Å². The monoisotopic (exact) mass is 574 g/mol. The highest BCUT2D eigenvalue weighted by Crippen LogP contribution is 2.42. The van der Waals surface area contributed by atoms with Crippen LogP contribution in [0.2, 0.25) is 0 Å². The van der Waals surface area contributed by atoms with Gasteiger partial charge in [0.2, 0.25) is 0 Å². The molecule has 0 spiro atoms. The molecule has 9 aromatic rings. The van der Waals surface area contributed by atoms with E-state index in [1.54, 1.807) is 0 Å². The van der Waals surface area contributed by atoms with Crippen LogP contribution >= 0.6 is 0 Å². The molecule has 210 valence electrons. The van der Waals surface area contributed by atoms with Crippen LogP contribution < -0.4 is 0 Å². The molecule has 0 fully saturated rings. The lowest BCUT2D eigenvalue weighted by atomic mass is 9.96. The summed E-state index contributed by atoms with van der Waals surface area (Å²) in [6, 6.07) is 54.9. The Morgan fingerprint density at radius 3 is 1.93 bits per heavy atom. The van der Waals surface area contributed by atoms with Gasteiger partial charge >= 0.3 is 0 Å². The van der Waals surface area contributed by atoms with Crippen molar-refractivity contribution in [2.45, 2.75) is 0 Å². The predicted octanol–water partition coefficient (Wildman–Crippen LogP) is 11.4. The van der Waals surface area contributed by atoms with E-state index in [1.807, 2.05) is 30.3 Å². The van der Waals surface area contributed by atoms with Crippen molar-refractivity contribution in [2.24, 2.45) is 0 Å². The first-order valence-electron chi connectivity index (χ1n) is 15.2. The Morgan fingerprint density at radius 2 is 1.04 bits per heavy atom. The smallest absolute Gasteiger partial charge is 0.161 e. The number of hydrogen-bond acceptors (Lipinski definition) is 3. The average molecular weight is 575 g/mol. The molecule has 9 rings (SSSR count). The van der Waals surface area contributed by atoms with E-state index in [1.165, 1.54) is 21.5 Å². The second kappa shape index (κ2) is 10.3. The van der Waals surface area contributed by atoms with Crippen LogP contribution in [0.4, 0.5) is 0 Å². The van der Waals surface area contributed by atoms with Gasteiger partial charge in [0.25, 0.3) is 0 Å². The van der Waals surface area contributed by atoms with Crippen LogP contribution in [0.5, 0.6) is 0 Å². The number of fused-ring (bicyclic) bond motifs is 5. The van der Waals surface area contributed by atoms with Gasteiger partial charge in [0.05, 0.1) is 11.4 Å². The zero-order valence-electron chi connectivity index (χ0n) is 24.3. The highest BCUT2D eigenvalue weighted by molar-refractivity contribution is 6.16. The SMILES string of the molecule is c1ccc(-c2cc(-c3ccc4ccccc4c3)nc(-c3cccc4oc5c(-c6cccc7ccccc67)cccc5c34)n2)cc1. The Kier molecular flexibility index (Phi) is 5.82. The van der Waals surface area contributed by atoms with Gasteiger partial charge in [-0.2, -0.15) is 0 Å². The third-order valence-electron chi connectivity index (χ3n) is 8.68. The van der Waals surface area contributed by atoms with E-state index in [0.717, 1.165) is 61.1 Å². The second-order valence-electron chi connectivity index (χ2n) is 11.4. The summed E-state index contributed by atoms with van der Waals surface area (Å²) in [5, 5.41) is 6.86. The third-order valence-corrected chi connectivity index (χ3v) is 8.68. The van der Waals surface area contributed by atoms with Crippen LogP contribution in [0.15, 0.2) is 162 Å². The summed E-state index contributed by atoms with van der Waals surface area (Å²) in [6.45, 7) is 0. The van der Waals surface area contributed by atoms with Crippen LogP contribution in [0.3, 0.4) is 0 Å². The van der Waals surface area contributed by atoms with Gasteiger partial charge in [0.1, 0.15) is 11.2 Å². The molecule has 3 heteroatoms. The highest BCUT2D eigenvalue weighted by Gasteiger charge is 2.19. The molecule has 2 aromatic heterocycles. The summed E-state index contributed by atoms with van der Waals surface area (Å²) in [7, 11) is 0. The minimum absolute atomic E-state index is 0.670. The summed E-state index contributed by atoms with van der Waals surface area (Å²) in [6.07, 6.45) is 0. The Hall–Kier alpha value is -6.06. The number of aromatic nitrogens is 2. The van der Waals surface area contributed by atoms with E-state index in [9.17, 15) is 0 Å². The first-order chi connectivity index (χ1) is 22.3. The normalized spacial score (nSPS) is 11.6. The fourth-order valence-corrected chi connectivity index (χ4v) is 6.53. The minimum Gasteiger partial charge on any atom is -0.455 e. The lowest BCUT2D eigenvalue weighted by molar-refractivity contribution is 0.670. The number of rotatable bonds is 4. The van der Waals surface area contributed by atoms with Gasteiger partial charge < -0.3 is 4.42 Å². The fourth-order valence-electron chi connectivity index (χ4n) is 6.53. The van der Waals surface area contributed by atoms with Gasteiger partial charge in [-0.25, -0.2) is 9.97 Å². The molecule has 0 saturated carbocycles. The van der Waals surface area contributed by atoms with Gasteiger partial charge in [-0.15, -0.1) is 0 Å². The van der Waals surface area contributed by atoms with Gasteiger partial charge in [-0.3, -0.25) is 0 Å². The lowest BCUT2D eigenvalue weighted by Gasteiger charge is -2.11. The Bertz CT molecular complexity index is 2540. The third kappa shape index (κ3) is 4.29. The molecule has 45 heavy (non-hydrogen) atoms. The molecule has 0 radical (unpaired) electrons. The maximum Gasteiger partial charge on any atom is 0.161 e. The zero-order valence-corrected chi connectivity index (χ0v) is 24.3. The summed E-state index contributed by atoms with van der Waals surface area (Å²) in [5.74, 6) is 0.670. The van der Waals surface area contributed by atoms with E-state index in [2.05, 4.69) is 127 Å². The zero-order chi connectivity index (χ0) is 29.7. The molecular weight excluding hydrogens is 548 g/mol. The van der Waals surface area contributed by atoms with E-state index >= 15 is 0 Å². The number of furan rings is 1. The number of hydrogen-bond donors (Lipinski definition) is 0. The second-order valence-corrected chi connectivity index (χ2v) is 11.4. The van der Waals surface area contributed by atoms with Crippen molar-refractivity contribution < 1.29 is 4.42 Å². The first-order valence-corrected chi connectivity index (χ1v) is 15.2. The molecule has 0 aliphatic carbocycles. The summed E-state index contributed by atoms with van der Waals surface area (Å²) in [4.78, 5) is 10.4. The topological polar surface area (TPSA) is 38.9 Å². The highest BCUT2D eigenvalue weighted by atomic mass is 16.3.